The molecule has 0 atom stereocenters. The van der Waals surface area contributed by atoms with Crippen molar-refractivity contribution in [1.29, 1.82) is 0 Å². The summed E-state index contributed by atoms with van der Waals surface area (Å²) in [6.07, 6.45) is 4.92. The fraction of sp³-hybridized carbons (Fsp3) is 0.111. The Kier molecular flexibility index (Phi) is 5.96. The number of carbonyl (C=O) groups excluding carboxylic acids is 2. The number of nitrogens with one attached hydrogen (secondary N) is 4. The number of anilines is 6. The van der Waals surface area contributed by atoms with Crippen LogP contribution in [0.4, 0.5) is 39.3 Å². The number of urea groups is 1. The van der Waals surface area contributed by atoms with Crippen LogP contribution in [0.5, 0.6) is 0 Å². The highest BCUT2D eigenvalue weighted by atomic mass is 16.2. The minimum Gasteiger partial charge on any atom is -0.339 e. The average molecular weight is 521 g/mol. The Morgan fingerprint density at radius 3 is 2.44 bits per heavy atom. The van der Waals surface area contributed by atoms with E-state index in [9.17, 15) is 9.59 Å². The molecular formula is C27H24N10O2. The minimum atomic E-state index is -0.369. The Bertz CT molecular complexity index is 1700. The molecule has 4 heterocycles. The predicted octanol–water partition coefficient (Wildman–Crippen LogP) is 4.48. The molecule has 0 saturated heterocycles. The van der Waals surface area contributed by atoms with Gasteiger partial charge >= 0.3 is 6.03 Å². The van der Waals surface area contributed by atoms with E-state index >= 15 is 0 Å². The van der Waals surface area contributed by atoms with E-state index in [4.69, 9.17) is 4.98 Å². The van der Waals surface area contributed by atoms with Gasteiger partial charge in [0.15, 0.2) is 5.65 Å². The molecule has 5 aromatic rings. The number of aromatic nitrogens is 5. The lowest BCUT2D eigenvalue weighted by Gasteiger charge is -2.12. The van der Waals surface area contributed by atoms with Gasteiger partial charge in [-0.05, 0) is 60.2 Å². The molecule has 4 N–H and O–H groups in total. The highest BCUT2D eigenvalue weighted by Gasteiger charge is 2.24. The number of rotatable bonds is 6. The molecule has 1 aliphatic rings. The van der Waals surface area contributed by atoms with Gasteiger partial charge in [0.1, 0.15) is 5.82 Å². The summed E-state index contributed by atoms with van der Waals surface area (Å²) < 4.78 is 1.68. The topological polar surface area (TPSA) is 142 Å². The maximum absolute atomic E-state index is 12.3. The van der Waals surface area contributed by atoms with Gasteiger partial charge in [-0.1, -0.05) is 0 Å². The third-order valence-electron chi connectivity index (χ3n) is 6.26. The van der Waals surface area contributed by atoms with E-state index in [2.05, 4.69) is 36.3 Å². The van der Waals surface area contributed by atoms with Crippen molar-refractivity contribution in [3.8, 4) is 0 Å². The number of benzene rings is 2. The molecular weight excluding hydrogens is 496 g/mol. The highest BCUT2D eigenvalue weighted by Crippen LogP contribution is 2.29. The van der Waals surface area contributed by atoms with Crippen molar-refractivity contribution in [2.24, 2.45) is 7.05 Å². The van der Waals surface area contributed by atoms with Crippen molar-refractivity contribution >= 4 is 57.5 Å². The first kappa shape index (κ1) is 23.9. The maximum Gasteiger partial charge on any atom is 0.323 e. The third-order valence-corrected chi connectivity index (χ3v) is 6.26. The molecule has 39 heavy (non-hydrogen) atoms. The van der Waals surface area contributed by atoms with Crippen molar-refractivity contribution in [2.75, 3.05) is 28.3 Å². The van der Waals surface area contributed by atoms with Crippen molar-refractivity contribution in [2.45, 2.75) is 6.54 Å². The van der Waals surface area contributed by atoms with Gasteiger partial charge in [-0.15, -0.1) is 0 Å². The number of hydrogen-bond donors (Lipinski definition) is 4. The van der Waals surface area contributed by atoms with Gasteiger partial charge in [-0.3, -0.25) is 14.5 Å². The predicted molar refractivity (Wildman–Crippen MR) is 148 cm³/mol. The van der Waals surface area contributed by atoms with Crippen molar-refractivity contribution < 1.29 is 9.59 Å². The van der Waals surface area contributed by atoms with Gasteiger partial charge in [0.2, 0.25) is 5.95 Å². The molecule has 0 bridgehead atoms. The van der Waals surface area contributed by atoms with Crippen LogP contribution in [0.1, 0.15) is 15.9 Å². The van der Waals surface area contributed by atoms with E-state index in [1.807, 2.05) is 37.4 Å². The van der Waals surface area contributed by atoms with E-state index in [1.54, 1.807) is 59.5 Å². The Morgan fingerprint density at radius 2 is 1.64 bits per heavy atom. The monoisotopic (exact) mass is 520 g/mol. The minimum absolute atomic E-state index is 0.0232. The lowest BCUT2D eigenvalue weighted by atomic mass is 10.1. The Hall–Kier alpha value is -5.52. The quantitative estimate of drug-likeness (QED) is 0.257. The number of fused-ring (bicyclic) bond motifs is 2. The fourth-order valence-electron chi connectivity index (χ4n) is 4.35. The Labute approximate surface area is 223 Å². The number of aryl methyl sites for hydroxylation is 1. The summed E-state index contributed by atoms with van der Waals surface area (Å²) in [5.74, 6) is 0.980. The summed E-state index contributed by atoms with van der Waals surface area (Å²) in [4.78, 5) is 39.5. The molecule has 0 aliphatic carbocycles. The van der Waals surface area contributed by atoms with Crippen molar-refractivity contribution in [1.82, 2.24) is 29.6 Å². The van der Waals surface area contributed by atoms with Gasteiger partial charge in [-0.25, -0.2) is 4.79 Å². The zero-order valence-corrected chi connectivity index (χ0v) is 21.1. The molecule has 12 heteroatoms. The molecule has 0 saturated carbocycles. The second kappa shape index (κ2) is 9.74. The van der Waals surface area contributed by atoms with Gasteiger partial charge in [0.25, 0.3) is 5.91 Å². The zero-order chi connectivity index (χ0) is 26.9. The molecule has 194 valence electrons. The molecule has 0 fully saturated rings. The average Bonchev–Trinajstić information content (AvgIpc) is 3.44. The molecule has 6 rings (SSSR count). The number of carbonyl (C=O) groups is 2. The second-order valence-electron chi connectivity index (χ2n) is 9.08. The van der Waals surface area contributed by atoms with Crippen LogP contribution in [-0.4, -0.2) is 48.6 Å². The van der Waals surface area contributed by atoms with Crippen LogP contribution in [0, 0.1) is 0 Å². The maximum atomic E-state index is 12.3. The number of amides is 3. The van der Waals surface area contributed by atoms with Gasteiger partial charge in [0.05, 0.1) is 23.5 Å². The van der Waals surface area contributed by atoms with Crippen LogP contribution in [-0.2, 0) is 13.6 Å². The molecule has 12 nitrogen and oxygen atoms in total. The number of nitrogens with zero attached hydrogens (tertiary/aromatic N) is 6. The molecule has 2 aromatic carbocycles. The van der Waals surface area contributed by atoms with Gasteiger partial charge < -0.3 is 26.2 Å². The SMILES string of the molecule is CN1Cc2cc(Nc3nc(Nc4ccc(NC(=O)Nc5cccnc5)cc4)nc4c3cnn4C)ccc2C1=O. The zero-order valence-electron chi connectivity index (χ0n) is 21.1. The molecule has 3 aromatic heterocycles. The smallest absolute Gasteiger partial charge is 0.323 e. The second-order valence-corrected chi connectivity index (χ2v) is 9.08. The van der Waals surface area contributed by atoms with E-state index in [0.717, 1.165) is 22.3 Å². The third kappa shape index (κ3) is 4.90. The van der Waals surface area contributed by atoms with Crippen LogP contribution in [0.15, 0.2) is 73.2 Å². The largest absolute Gasteiger partial charge is 0.339 e. The van der Waals surface area contributed by atoms with Gasteiger partial charge in [0, 0.05) is 49.5 Å². The summed E-state index contributed by atoms with van der Waals surface area (Å²) >= 11 is 0. The summed E-state index contributed by atoms with van der Waals surface area (Å²) in [6.45, 7) is 0.568. The van der Waals surface area contributed by atoms with E-state index in [0.29, 0.717) is 40.9 Å². The summed E-state index contributed by atoms with van der Waals surface area (Å²) in [7, 11) is 3.60. The first-order chi connectivity index (χ1) is 18.9. The van der Waals surface area contributed by atoms with E-state index in [1.165, 1.54) is 0 Å². The first-order valence-corrected chi connectivity index (χ1v) is 12.1. The van der Waals surface area contributed by atoms with Crippen LogP contribution in [0.2, 0.25) is 0 Å². The Balaban J connectivity index is 1.20. The molecule has 0 spiro atoms. The number of pyridine rings is 1. The molecule has 0 unspecified atom stereocenters. The highest BCUT2D eigenvalue weighted by molar-refractivity contribution is 6.00. The number of hydrogen-bond acceptors (Lipinski definition) is 8. The van der Waals surface area contributed by atoms with E-state index < -0.39 is 0 Å². The van der Waals surface area contributed by atoms with Crippen molar-refractivity contribution in [3.63, 3.8) is 0 Å². The first-order valence-electron chi connectivity index (χ1n) is 12.1. The lowest BCUT2D eigenvalue weighted by molar-refractivity contribution is 0.0816. The van der Waals surface area contributed by atoms with Crippen LogP contribution >= 0.6 is 0 Å². The molecule has 1 aliphatic heterocycles. The Morgan fingerprint density at radius 1 is 0.872 bits per heavy atom. The van der Waals surface area contributed by atoms with Crippen LogP contribution in [0.3, 0.4) is 0 Å². The van der Waals surface area contributed by atoms with Crippen LogP contribution in [0.25, 0.3) is 11.0 Å². The normalized spacial score (nSPS) is 12.4. The summed E-state index contributed by atoms with van der Waals surface area (Å²) in [6, 6.07) is 16.0. The molecule has 0 radical (unpaired) electrons. The standard InChI is InChI=1S/C27H24N10O2/c1-36-15-16-12-19(9-10-21(16)25(36)38)30-23-22-14-29-37(2)24(22)35-26(34-23)31-17-5-7-18(8-6-17)32-27(39)33-20-4-3-11-28-13-20/h3-14H,15H2,1-2H3,(H2,32,33,39)(H2,30,31,34,35). The van der Waals surface area contributed by atoms with E-state index in [-0.39, 0.29) is 11.9 Å². The summed E-state index contributed by atoms with van der Waals surface area (Å²) in [5, 5.41) is 17.2. The lowest BCUT2D eigenvalue weighted by Crippen LogP contribution is -2.19. The fourth-order valence-corrected chi connectivity index (χ4v) is 4.35. The van der Waals surface area contributed by atoms with Gasteiger partial charge in [-0.2, -0.15) is 15.1 Å². The van der Waals surface area contributed by atoms with Crippen molar-refractivity contribution in [3.05, 3.63) is 84.3 Å². The molecule has 3 amide bonds. The van der Waals surface area contributed by atoms with Crippen LogP contribution < -0.4 is 21.3 Å². The summed E-state index contributed by atoms with van der Waals surface area (Å²) in [5.41, 5.74) is 5.09.